The van der Waals surface area contributed by atoms with Crippen molar-refractivity contribution in [1.82, 2.24) is 0 Å². The van der Waals surface area contributed by atoms with Crippen LogP contribution in [0, 0.1) is 0 Å². The standard InChI is InChI=1S/C18H20BrClO/c1-18(2,21)16-9-4-3-6-13(16)10-11-17(20)14-7-5-8-15(19)12-14/h3-9,12,17,21H,10-11H2,1-2H3. The number of alkyl halides is 1. The average molecular weight is 368 g/mol. The lowest BCUT2D eigenvalue weighted by Crippen LogP contribution is -2.18. The summed E-state index contributed by atoms with van der Waals surface area (Å²) in [5, 5.41) is 10.2. The highest BCUT2D eigenvalue weighted by Gasteiger charge is 2.20. The molecule has 0 fully saturated rings. The van der Waals surface area contributed by atoms with E-state index in [0.717, 1.165) is 34.0 Å². The van der Waals surface area contributed by atoms with Gasteiger partial charge in [-0.05, 0) is 55.5 Å². The van der Waals surface area contributed by atoms with Gasteiger partial charge < -0.3 is 5.11 Å². The Labute approximate surface area is 140 Å². The van der Waals surface area contributed by atoms with E-state index in [1.54, 1.807) is 0 Å². The Kier molecular flexibility index (Phi) is 5.48. The van der Waals surface area contributed by atoms with Crippen molar-refractivity contribution in [2.24, 2.45) is 0 Å². The third-order valence-electron chi connectivity index (χ3n) is 3.55. The van der Waals surface area contributed by atoms with Gasteiger partial charge in [-0.15, -0.1) is 11.6 Å². The first-order valence-corrected chi connectivity index (χ1v) is 8.31. The van der Waals surface area contributed by atoms with Gasteiger partial charge in [0.15, 0.2) is 0 Å². The first-order chi connectivity index (χ1) is 9.88. The molecule has 3 heteroatoms. The molecule has 0 saturated carbocycles. The van der Waals surface area contributed by atoms with Crippen LogP contribution < -0.4 is 0 Å². The van der Waals surface area contributed by atoms with Crippen molar-refractivity contribution in [3.05, 3.63) is 69.7 Å². The quantitative estimate of drug-likeness (QED) is 0.683. The van der Waals surface area contributed by atoms with Gasteiger partial charge in [0, 0.05) is 4.47 Å². The molecule has 1 atom stereocenters. The molecule has 0 spiro atoms. The molecule has 0 aliphatic carbocycles. The maximum Gasteiger partial charge on any atom is 0.0843 e. The van der Waals surface area contributed by atoms with Crippen LogP contribution >= 0.6 is 27.5 Å². The van der Waals surface area contributed by atoms with E-state index >= 15 is 0 Å². The van der Waals surface area contributed by atoms with Gasteiger partial charge in [0.1, 0.15) is 0 Å². The van der Waals surface area contributed by atoms with E-state index in [4.69, 9.17) is 11.6 Å². The van der Waals surface area contributed by atoms with Crippen LogP contribution in [0.2, 0.25) is 0 Å². The van der Waals surface area contributed by atoms with Crippen LogP contribution in [0.1, 0.15) is 42.3 Å². The Morgan fingerprint density at radius 1 is 1.14 bits per heavy atom. The second-order valence-electron chi connectivity index (χ2n) is 5.78. The number of hydrogen-bond acceptors (Lipinski definition) is 1. The third-order valence-corrected chi connectivity index (χ3v) is 4.52. The maximum absolute atomic E-state index is 10.2. The van der Waals surface area contributed by atoms with Crippen molar-refractivity contribution in [3.63, 3.8) is 0 Å². The van der Waals surface area contributed by atoms with Gasteiger partial charge in [0.2, 0.25) is 0 Å². The minimum atomic E-state index is -0.825. The van der Waals surface area contributed by atoms with Gasteiger partial charge in [0.05, 0.1) is 11.0 Å². The Morgan fingerprint density at radius 2 is 1.86 bits per heavy atom. The smallest absolute Gasteiger partial charge is 0.0843 e. The van der Waals surface area contributed by atoms with Gasteiger partial charge in [-0.2, -0.15) is 0 Å². The lowest BCUT2D eigenvalue weighted by atomic mass is 9.90. The number of rotatable bonds is 5. The van der Waals surface area contributed by atoms with E-state index in [0.29, 0.717) is 0 Å². The molecule has 0 heterocycles. The Bertz CT molecular complexity index is 604. The first-order valence-electron chi connectivity index (χ1n) is 7.08. The number of halogens is 2. The molecule has 21 heavy (non-hydrogen) atoms. The van der Waals surface area contributed by atoms with E-state index in [2.05, 4.69) is 28.1 Å². The number of benzene rings is 2. The minimum absolute atomic E-state index is 0.0302. The molecule has 2 aromatic rings. The highest BCUT2D eigenvalue weighted by Crippen LogP contribution is 2.30. The minimum Gasteiger partial charge on any atom is -0.386 e. The fourth-order valence-electron chi connectivity index (χ4n) is 2.49. The van der Waals surface area contributed by atoms with E-state index in [9.17, 15) is 5.11 Å². The van der Waals surface area contributed by atoms with E-state index in [1.807, 2.05) is 50.2 Å². The highest BCUT2D eigenvalue weighted by molar-refractivity contribution is 9.10. The molecule has 0 radical (unpaired) electrons. The van der Waals surface area contributed by atoms with Crippen LogP contribution in [0.4, 0.5) is 0 Å². The molecule has 0 aromatic heterocycles. The zero-order valence-corrected chi connectivity index (χ0v) is 14.7. The summed E-state index contributed by atoms with van der Waals surface area (Å²) in [7, 11) is 0. The van der Waals surface area contributed by atoms with Crippen molar-refractivity contribution in [1.29, 1.82) is 0 Å². The van der Waals surface area contributed by atoms with E-state index in [-0.39, 0.29) is 5.38 Å². The summed E-state index contributed by atoms with van der Waals surface area (Å²) < 4.78 is 1.04. The molecule has 1 unspecified atom stereocenters. The summed E-state index contributed by atoms with van der Waals surface area (Å²) in [6, 6.07) is 16.1. The van der Waals surface area contributed by atoms with E-state index < -0.39 is 5.60 Å². The number of aryl methyl sites for hydroxylation is 1. The van der Waals surface area contributed by atoms with Crippen LogP contribution in [0.15, 0.2) is 53.0 Å². The lowest BCUT2D eigenvalue weighted by Gasteiger charge is -2.22. The summed E-state index contributed by atoms with van der Waals surface area (Å²) in [6.45, 7) is 3.64. The summed E-state index contributed by atoms with van der Waals surface area (Å²) in [5.41, 5.74) is 2.43. The predicted octanol–water partition coefficient (Wildman–Crippen LogP) is 5.59. The van der Waals surface area contributed by atoms with Crippen molar-refractivity contribution in [3.8, 4) is 0 Å². The van der Waals surface area contributed by atoms with Gasteiger partial charge in [0.25, 0.3) is 0 Å². The maximum atomic E-state index is 10.2. The zero-order chi connectivity index (χ0) is 15.5. The van der Waals surface area contributed by atoms with Crippen LogP contribution in [0.3, 0.4) is 0 Å². The Balaban J connectivity index is 2.10. The molecule has 1 nitrogen and oxygen atoms in total. The fourth-order valence-corrected chi connectivity index (χ4v) is 3.15. The van der Waals surface area contributed by atoms with Crippen molar-refractivity contribution in [2.75, 3.05) is 0 Å². The van der Waals surface area contributed by atoms with Gasteiger partial charge in [-0.25, -0.2) is 0 Å². The zero-order valence-electron chi connectivity index (χ0n) is 12.3. The number of aliphatic hydroxyl groups is 1. The summed E-state index contributed by atoms with van der Waals surface area (Å²) >= 11 is 9.98. The molecule has 2 aromatic carbocycles. The van der Waals surface area contributed by atoms with E-state index in [1.165, 1.54) is 0 Å². The van der Waals surface area contributed by atoms with Gasteiger partial charge >= 0.3 is 0 Å². The van der Waals surface area contributed by atoms with Crippen molar-refractivity contribution < 1.29 is 5.11 Å². The SMILES string of the molecule is CC(C)(O)c1ccccc1CCC(Cl)c1cccc(Br)c1. The monoisotopic (exact) mass is 366 g/mol. The molecule has 0 amide bonds. The molecule has 1 N–H and O–H groups in total. The molecular weight excluding hydrogens is 348 g/mol. The molecule has 0 bridgehead atoms. The normalized spacial score (nSPS) is 13.2. The van der Waals surface area contributed by atoms with Crippen molar-refractivity contribution in [2.45, 2.75) is 37.7 Å². The largest absolute Gasteiger partial charge is 0.386 e. The summed E-state index contributed by atoms with van der Waals surface area (Å²) in [5.74, 6) is 0. The molecule has 0 aliphatic heterocycles. The van der Waals surface area contributed by atoms with Crippen LogP contribution in [0.5, 0.6) is 0 Å². The molecule has 112 valence electrons. The van der Waals surface area contributed by atoms with Gasteiger partial charge in [-0.3, -0.25) is 0 Å². The van der Waals surface area contributed by atoms with Crippen LogP contribution in [-0.4, -0.2) is 5.11 Å². The van der Waals surface area contributed by atoms with Crippen molar-refractivity contribution >= 4 is 27.5 Å². The highest BCUT2D eigenvalue weighted by atomic mass is 79.9. The Hall–Kier alpha value is -0.830. The predicted molar refractivity (Wildman–Crippen MR) is 92.7 cm³/mol. The second kappa shape index (κ2) is 6.95. The number of hydrogen-bond donors (Lipinski definition) is 1. The lowest BCUT2D eigenvalue weighted by molar-refractivity contribution is 0.0776. The molecule has 0 aliphatic rings. The summed E-state index contributed by atoms with van der Waals surface area (Å²) in [6.07, 6.45) is 1.69. The first kappa shape index (κ1) is 16.5. The molecule has 2 rings (SSSR count). The average Bonchev–Trinajstić information content (AvgIpc) is 2.44. The topological polar surface area (TPSA) is 20.2 Å². The fraction of sp³-hybridized carbons (Fsp3) is 0.333. The van der Waals surface area contributed by atoms with Crippen LogP contribution in [0.25, 0.3) is 0 Å². The second-order valence-corrected chi connectivity index (χ2v) is 7.22. The Morgan fingerprint density at radius 3 is 2.52 bits per heavy atom. The van der Waals surface area contributed by atoms with Gasteiger partial charge in [-0.1, -0.05) is 52.3 Å². The summed E-state index contributed by atoms with van der Waals surface area (Å²) in [4.78, 5) is 0. The molecule has 0 saturated heterocycles. The third kappa shape index (κ3) is 4.57. The molecular formula is C18H20BrClO. The van der Waals surface area contributed by atoms with Crippen LogP contribution in [-0.2, 0) is 12.0 Å².